The fourth-order valence-electron chi connectivity index (χ4n) is 4.80. The molecule has 1 aromatic heterocycles. The molecule has 0 saturated carbocycles. The van der Waals surface area contributed by atoms with Gasteiger partial charge in [-0.25, -0.2) is 18.6 Å². The SMILES string of the molecule is CCOC(=O)C1=C(CN2CC(F)(F)CC2C(C)CC(=O)O)NC(c2nccs2)=N[C@H]1c1ccccc1Cl. The minimum Gasteiger partial charge on any atom is -0.481 e. The van der Waals surface area contributed by atoms with Crippen molar-refractivity contribution in [2.45, 2.75) is 44.7 Å². The molecule has 0 radical (unpaired) electrons. The Balaban J connectivity index is 1.80. The largest absolute Gasteiger partial charge is 0.481 e. The monoisotopic (exact) mass is 552 g/mol. The Morgan fingerprint density at radius 2 is 2.14 bits per heavy atom. The normalized spacial score (nSPS) is 22.4. The first-order chi connectivity index (χ1) is 17.6. The van der Waals surface area contributed by atoms with Gasteiger partial charge in [-0.05, 0) is 18.9 Å². The van der Waals surface area contributed by atoms with Gasteiger partial charge in [-0.2, -0.15) is 0 Å². The standard InChI is InChI=1S/C25H27ClF2N4O4S/c1-3-36-24(35)20-17(12-32-13-25(27,28)11-18(32)14(2)10-19(33)34)30-22(23-29-8-9-37-23)31-21(20)15-6-4-5-7-16(15)26/h4-9,14,18,21H,3,10-13H2,1-2H3,(H,30,31)(H,33,34)/t14?,18?,21-/m0/s1. The first-order valence-corrected chi connectivity index (χ1v) is 13.1. The summed E-state index contributed by atoms with van der Waals surface area (Å²) in [5.74, 6) is -4.85. The number of likely N-dealkylation sites (tertiary alicyclic amines) is 1. The van der Waals surface area contributed by atoms with Crippen LogP contribution in [-0.4, -0.2) is 64.4 Å². The van der Waals surface area contributed by atoms with Crippen LogP contribution in [0.4, 0.5) is 8.78 Å². The molecular weight excluding hydrogens is 526 g/mol. The molecule has 4 rings (SSSR count). The summed E-state index contributed by atoms with van der Waals surface area (Å²) in [7, 11) is 0. The number of thiazole rings is 1. The number of alkyl halides is 2. The number of aliphatic imine (C=N–C) groups is 1. The molecule has 2 N–H and O–H groups in total. The third kappa shape index (κ3) is 6.16. The number of amidine groups is 1. The second kappa shape index (κ2) is 11.2. The van der Waals surface area contributed by atoms with Crippen molar-refractivity contribution in [1.82, 2.24) is 15.2 Å². The van der Waals surface area contributed by atoms with E-state index in [0.29, 0.717) is 27.1 Å². The molecule has 1 saturated heterocycles. The van der Waals surface area contributed by atoms with Crippen LogP contribution in [0, 0.1) is 5.92 Å². The Morgan fingerprint density at radius 1 is 1.38 bits per heavy atom. The van der Waals surface area contributed by atoms with E-state index in [2.05, 4.69) is 10.3 Å². The van der Waals surface area contributed by atoms with Gasteiger partial charge in [-0.1, -0.05) is 36.7 Å². The maximum absolute atomic E-state index is 14.6. The number of carbonyl (C=O) groups is 2. The smallest absolute Gasteiger partial charge is 0.338 e. The second-order valence-corrected chi connectivity index (χ2v) is 10.4. The number of aromatic nitrogens is 1. The third-order valence-corrected chi connectivity index (χ3v) is 7.51. The van der Waals surface area contributed by atoms with Crippen LogP contribution in [0.3, 0.4) is 0 Å². The summed E-state index contributed by atoms with van der Waals surface area (Å²) < 4.78 is 34.6. The minimum atomic E-state index is -2.99. The number of nitrogens with one attached hydrogen (secondary N) is 1. The van der Waals surface area contributed by atoms with Crippen molar-refractivity contribution in [1.29, 1.82) is 0 Å². The van der Waals surface area contributed by atoms with Crippen LogP contribution in [0.25, 0.3) is 0 Å². The Hall–Kier alpha value is -2.89. The van der Waals surface area contributed by atoms with Crippen LogP contribution < -0.4 is 5.32 Å². The maximum Gasteiger partial charge on any atom is 0.338 e. The molecule has 2 aliphatic rings. The molecule has 3 atom stereocenters. The highest BCUT2D eigenvalue weighted by atomic mass is 35.5. The number of benzene rings is 1. The number of aliphatic carboxylic acids is 1. The number of rotatable bonds is 9. The van der Waals surface area contributed by atoms with Crippen LogP contribution >= 0.6 is 22.9 Å². The predicted octanol–water partition coefficient (Wildman–Crippen LogP) is 4.53. The van der Waals surface area contributed by atoms with Gasteiger partial charge in [0.2, 0.25) is 0 Å². The summed E-state index contributed by atoms with van der Waals surface area (Å²) in [6, 6.07) is 5.40. The quantitative estimate of drug-likeness (QED) is 0.441. The van der Waals surface area contributed by atoms with Gasteiger partial charge in [0, 0.05) is 53.3 Å². The van der Waals surface area contributed by atoms with Crippen LogP contribution in [0.5, 0.6) is 0 Å². The van der Waals surface area contributed by atoms with Crippen LogP contribution in [-0.2, 0) is 14.3 Å². The van der Waals surface area contributed by atoms with E-state index in [1.165, 1.54) is 16.2 Å². The molecule has 198 valence electrons. The minimum absolute atomic E-state index is 0.0658. The second-order valence-electron chi connectivity index (χ2n) is 9.08. The summed E-state index contributed by atoms with van der Waals surface area (Å²) >= 11 is 7.84. The number of carboxylic acids is 1. The number of carbonyl (C=O) groups excluding carboxylic acids is 1. The van der Waals surface area contributed by atoms with Gasteiger partial charge in [-0.3, -0.25) is 14.7 Å². The molecular formula is C25H27ClF2N4O4S. The van der Waals surface area contributed by atoms with Gasteiger partial charge in [0.25, 0.3) is 5.92 Å². The Kier molecular flexibility index (Phi) is 8.25. The molecule has 0 spiro atoms. The van der Waals surface area contributed by atoms with Gasteiger partial charge >= 0.3 is 11.9 Å². The number of nitrogens with zero attached hydrogens (tertiary/aromatic N) is 3. The summed E-state index contributed by atoms with van der Waals surface area (Å²) in [5, 5.41) is 15.1. The molecule has 0 aliphatic carbocycles. The number of esters is 1. The van der Waals surface area contributed by atoms with Crippen LogP contribution in [0.2, 0.25) is 5.02 Å². The average Bonchev–Trinajstić information content (AvgIpc) is 3.46. The molecule has 1 fully saturated rings. The Labute approximate surface area is 222 Å². The fraction of sp³-hybridized carbons (Fsp3) is 0.440. The van der Waals surface area contributed by atoms with Crippen LogP contribution in [0.15, 0.2) is 52.1 Å². The topological polar surface area (TPSA) is 104 Å². The molecule has 3 heterocycles. The van der Waals surface area contributed by atoms with Crippen LogP contribution in [0.1, 0.15) is 43.3 Å². The number of carboxylic acid groups (broad SMARTS) is 1. The van der Waals surface area contributed by atoms with Gasteiger partial charge in [0.1, 0.15) is 6.04 Å². The third-order valence-electron chi connectivity index (χ3n) is 6.38. The van der Waals surface area contributed by atoms with Gasteiger partial charge in [-0.15, -0.1) is 11.3 Å². The number of hydrogen-bond acceptors (Lipinski definition) is 8. The molecule has 12 heteroatoms. The van der Waals surface area contributed by atoms with Crippen molar-refractivity contribution in [3.63, 3.8) is 0 Å². The first kappa shape index (κ1) is 27.2. The van der Waals surface area contributed by atoms with E-state index in [1.54, 1.807) is 49.7 Å². The zero-order chi connectivity index (χ0) is 26.7. The maximum atomic E-state index is 14.6. The average molecular weight is 553 g/mol. The van der Waals surface area contributed by atoms with Gasteiger partial charge in [0.15, 0.2) is 10.8 Å². The molecule has 2 aromatic rings. The predicted molar refractivity (Wildman–Crippen MR) is 136 cm³/mol. The molecule has 8 nitrogen and oxygen atoms in total. The van der Waals surface area contributed by atoms with E-state index >= 15 is 0 Å². The van der Waals surface area contributed by atoms with Gasteiger partial charge < -0.3 is 15.2 Å². The summed E-state index contributed by atoms with van der Waals surface area (Å²) in [6.45, 7) is 2.80. The lowest BCUT2D eigenvalue weighted by Crippen LogP contribution is -2.43. The highest BCUT2D eigenvalue weighted by Crippen LogP contribution is 2.40. The summed E-state index contributed by atoms with van der Waals surface area (Å²) in [5.41, 5.74) is 1.06. The summed E-state index contributed by atoms with van der Waals surface area (Å²) in [6.07, 6.45) is 0.900. The number of halogens is 3. The van der Waals surface area contributed by atoms with E-state index in [-0.39, 0.29) is 25.1 Å². The van der Waals surface area contributed by atoms with Crippen molar-refractivity contribution in [2.24, 2.45) is 10.9 Å². The molecule has 0 bridgehead atoms. The Morgan fingerprint density at radius 3 is 2.78 bits per heavy atom. The van der Waals surface area contributed by atoms with Gasteiger partial charge in [0.05, 0.1) is 18.7 Å². The van der Waals surface area contributed by atoms with E-state index in [1.807, 2.05) is 0 Å². The van der Waals surface area contributed by atoms with Crippen molar-refractivity contribution in [3.8, 4) is 0 Å². The number of ether oxygens (including phenoxy) is 1. The first-order valence-electron chi connectivity index (χ1n) is 11.8. The fourth-order valence-corrected chi connectivity index (χ4v) is 5.63. The zero-order valence-corrected chi connectivity index (χ0v) is 21.9. The van der Waals surface area contributed by atoms with E-state index in [4.69, 9.17) is 21.3 Å². The van der Waals surface area contributed by atoms with Crippen molar-refractivity contribution >= 4 is 40.7 Å². The lowest BCUT2D eigenvalue weighted by atomic mass is 9.93. The van der Waals surface area contributed by atoms with E-state index in [0.717, 1.165) is 0 Å². The highest BCUT2D eigenvalue weighted by Gasteiger charge is 2.48. The van der Waals surface area contributed by atoms with E-state index in [9.17, 15) is 23.5 Å². The summed E-state index contributed by atoms with van der Waals surface area (Å²) in [4.78, 5) is 35.2. The van der Waals surface area contributed by atoms with Crippen molar-refractivity contribution in [2.75, 3.05) is 19.7 Å². The van der Waals surface area contributed by atoms with Crippen molar-refractivity contribution in [3.05, 3.63) is 62.7 Å². The highest BCUT2D eigenvalue weighted by molar-refractivity contribution is 7.11. The molecule has 37 heavy (non-hydrogen) atoms. The van der Waals surface area contributed by atoms with E-state index < -0.39 is 48.8 Å². The molecule has 2 unspecified atom stereocenters. The molecule has 1 aromatic carbocycles. The molecule has 0 amide bonds. The molecule has 2 aliphatic heterocycles. The Bertz CT molecular complexity index is 1220. The zero-order valence-electron chi connectivity index (χ0n) is 20.3. The lowest BCUT2D eigenvalue weighted by molar-refractivity contribution is -0.139. The lowest BCUT2D eigenvalue weighted by Gasteiger charge is -2.33. The van der Waals surface area contributed by atoms with Crippen molar-refractivity contribution < 1.29 is 28.2 Å². The number of hydrogen-bond donors (Lipinski definition) is 2.